The second-order valence-corrected chi connectivity index (χ2v) is 2.87. The van der Waals surface area contributed by atoms with Crippen LogP contribution >= 0.6 is 0 Å². The summed E-state index contributed by atoms with van der Waals surface area (Å²) in [6.07, 6.45) is 2.82. The molecule has 0 fully saturated rings. The molecule has 1 aromatic heterocycles. The molecule has 0 unspecified atom stereocenters. The van der Waals surface area contributed by atoms with Crippen molar-refractivity contribution in [3.8, 4) is 5.75 Å². The van der Waals surface area contributed by atoms with Gasteiger partial charge in [-0.15, -0.1) is 0 Å². The molecule has 0 aliphatic carbocycles. The van der Waals surface area contributed by atoms with E-state index in [1.165, 1.54) is 11.3 Å². The van der Waals surface area contributed by atoms with Gasteiger partial charge >= 0.3 is 0 Å². The van der Waals surface area contributed by atoms with Crippen molar-refractivity contribution in [2.24, 2.45) is 0 Å². The fourth-order valence-electron chi connectivity index (χ4n) is 1.53. The van der Waals surface area contributed by atoms with Crippen molar-refractivity contribution in [2.45, 2.75) is 13.0 Å². The van der Waals surface area contributed by atoms with Gasteiger partial charge in [0.1, 0.15) is 5.75 Å². The average molecular weight is 164 g/mol. The zero-order valence-electron chi connectivity index (χ0n) is 7.13. The van der Waals surface area contributed by atoms with Crippen LogP contribution in [-0.4, -0.2) is 18.6 Å². The number of nitrogens with one attached hydrogen (secondary N) is 1. The van der Waals surface area contributed by atoms with Gasteiger partial charge in [-0.25, -0.2) is 0 Å². The lowest BCUT2D eigenvalue weighted by Crippen LogP contribution is -2.24. The number of fused-ring (bicyclic) bond motifs is 1. The predicted molar refractivity (Wildman–Crippen MR) is 46.2 cm³/mol. The van der Waals surface area contributed by atoms with Crippen LogP contribution in [0.4, 0.5) is 0 Å². The van der Waals surface area contributed by atoms with Crippen molar-refractivity contribution in [2.75, 3.05) is 13.7 Å². The fourth-order valence-corrected chi connectivity index (χ4v) is 1.53. The van der Waals surface area contributed by atoms with Crippen LogP contribution in [-0.2, 0) is 13.0 Å². The molecule has 1 aliphatic heterocycles. The number of methoxy groups -OCH3 is 1. The Morgan fingerprint density at radius 2 is 2.50 bits per heavy atom. The van der Waals surface area contributed by atoms with Crippen molar-refractivity contribution in [1.29, 1.82) is 0 Å². The van der Waals surface area contributed by atoms with Crippen LogP contribution in [0.1, 0.15) is 11.3 Å². The highest BCUT2D eigenvalue weighted by molar-refractivity contribution is 5.37. The summed E-state index contributed by atoms with van der Waals surface area (Å²) in [5, 5.41) is 3.30. The quantitative estimate of drug-likeness (QED) is 0.664. The molecule has 3 nitrogen and oxygen atoms in total. The third-order valence-electron chi connectivity index (χ3n) is 2.16. The van der Waals surface area contributed by atoms with Gasteiger partial charge in [0, 0.05) is 37.0 Å². The summed E-state index contributed by atoms with van der Waals surface area (Å²) in [4.78, 5) is 4.31. The highest BCUT2D eigenvalue weighted by Crippen LogP contribution is 2.22. The Hall–Kier alpha value is -1.09. The third-order valence-corrected chi connectivity index (χ3v) is 2.16. The fraction of sp³-hybridized carbons (Fsp3) is 0.444. The summed E-state index contributed by atoms with van der Waals surface area (Å²) >= 11 is 0. The molecular weight excluding hydrogens is 152 g/mol. The van der Waals surface area contributed by atoms with Crippen molar-refractivity contribution in [3.05, 3.63) is 23.5 Å². The van der Waals surface area contributed by atoms with E-state index in [4.69, 9.17) is 4.74 Å². The number of nitrogens with zero attached hydrogens (tertiary/aromatic N) is 1. The molecule has 0 aromatic carbocycles. The Balaban J connectivity index is 2.44. The highest BCUT2D eigenvalue weighted by atomic mass is 16.5. The van der Waals surface area contributed by atoms with E-state index >= 15 is 0 Å². The Labute approximate surface area is 71.8 Å². The van der Waals surface area contributed by atoms with Gasteiger partial charge in [-0.1, -0.05) is 0 Å². The first-order chi connectivity index (χ1) is 5.92. The van der Waals surface area contributed by atoms with Gasteiger partial charge in [-0.05, 0) is 6.07 Å². The van der Waals surface area contributed by atoms with E-state index in [0.29, 0.717) is 0 Å². The summed E-state index contributed by atoms with van der Waals surface area (Å²) in [6.45, 7) is 1.90. The van der Waals surface area contributed by atoms with Gasteiger partial charge in [0.05, 0.1) is 7.11 Å². The molecule has 3 heteroatoms. The van der Waals surface area contributed by atoms with Gasteiger partial charge in [0.25, 0.3) is 0 Å². The number of pyridine rings is 1. The van der Waals surface area contributed by atoms with E-state index in [1.807, 2.05) is 12.3 Å². The molecule has 0 saturated heterocycles. The maximum atomic E-state index is 5.23. The van der Waals surface area contributed by atoms with Crippen molar-refractivity contribution in [3.63, 3.8) is 0 Å². The normalized spacial score (nSPS) is 15.4. The van der Waals surface area contributed by atoms with E-state index in [9.17, 15) is 0 Å². The number of hydrogen-bond donors (Lipinski definition) is 1. The summed E-state index contributed by atoms with van der Waals surface area (Å²) in [6, 6.07) is 1.91. The molecule has 0 amide bonds. The van der Waals surface area contributed by atoms with E-state index < -0.39 is 0 Å². The van der Waals surface area contributed by atoms with Gasteiger partial charge < -0.3 is 10.1 Å². The lowest BCUT2D eigenvalue weighted by molar-refractivity contribution is 0.403. The molecule has 0 bridgehead atoms. The number of aromatic nitrogens is 1. The van der Waals surface area contributed by atoms with E-state index in [1.54, 1.807) is 7.11 Å². The molecule has 1 aromatic rings. The van der Waals surface area contributed by atoms with E-state index in [-0.39, 0.29) is 0 Å². The van der Waals surface area contributed by atoms with Crippen LogP contribution in [0.2, 0.25) is 0 Å². The van der Waals surface area contributed by atoms with Crippen LogP contribution in [0.25, 0.3) is 0 Å². The Kier molecular flexibility index (Phi) is 1.96. The molecule has 12 heavy (non-hydrogen) atoms. The van der Waals surface area contributed by atoms with Gasteiger partial charge in [-0.2, -0.15) is 0 Å². The largest absolute Gasteiger partial charge is 0.496 e. The van der Waals surface area contributed by atoms with Crippen molar-refractivity contribution in [1.82, 2.24) is 10.3 Å². The third kappa shape index (κ3) is 1.16. The minimum absolute atomic E-state index is 0.881. The molecule has 2 heterocycles. The summed E-state index contributed by atoms with van der Waals surface area (Å²) in [5.74, 6) is 0.951. The zero-order valence-corrected chi connectivity index (χ0v) is 7.13. The lowest BCUT2D eigenvalue weighted by atomic mass is 10.1. The first kappa shape index (κ1) is 7.55. The first-order valence-electron chi connectivity index (χ1n) is 4.13. The van der Waals surface area contributed by atoms with E-state index in [2.05, 4.69) is 10.3 Å². The van der Waals surface area contributed by atoms with Crippen LogP contribution in [0.3, 0.4) is 0 Å². The Morgan fingerprint density at radius 1 is 1.58 bits per heavy atom. The number of ether oxygens (including phenoxy) is 1. The van der Waals surface area contributed by atoms with Crippen LogP contribution in [0, 0.1) is 0 Å². The maximum absolute atomic E-state index is 5.23. The molecule has 2 rings (SSSR count). The second kappa shape index (κ2) is 3.11. The van der Waals surface area contributed by atoms with Crippen LogP contribution in [0.15, 0.2) is 12.3 Å². The maximum Gasteiger partial charge on any atom is 0.126 e. The highest BCUT2D eigenvalue weighted by Gasteiger charge is 2.13. The molecule has 0 spiro atoms. The predicted octanol–water partition coefficient (Wildman–Crippen LogP) is 0.736. The first-order valence-corrected chi connectivity index (χ1v) is 4.13. The molecule has 0 atom stereocenters. The van der Waals surface area contributed by atoms with Gasteiger partial charge in [-0.3, -0.25) is 4.98 Å². The van der Waals surface area contributed by atoms with Gasteiger partial charge in [0.15, 0.2) is 0 Å². The average Bonchev–Trinajstić information content (AvgIpc) is 2.17. The topological polar surface area (TPSA) is 34.1 Å². The SMILES string of the molecule is COc1ccnc2c1CNCC2. The second-order valence-electron chi connectivity index (χ2n) is 2.87. The summed E-state index contributed by atoms with van der Waals surface area (Å²) in [5.41, 5.74) is 2.39. The van der Waals surface area contributed by atoms with Crippen molar-refractivity contribution < 1.29 is 4.74 Å². The molecular formula is C9H12N2O. The molecule has 64 valence electrons. The monoisotopic (exact) mass is 164 g/mol. The summed E-state index contributed by atoms with van der Waals surface area (Å²) in [7, 11) is 1.70. The summed E-state index contributed by atoms with van der Waals surface area (Å²) < 4.78 is 5.23. The smallest absolute Gasteiger partial charge is 0.126 e. The Morgan fingerprint density at radius 3 is 3.33 bits per heavy atom. The van der Waals surface area contributed by atoms with Crippen LogP contribution < -0.4 is 10.1 Å². The molecule has 1 N–H and O–H groups in total. The standard InChI is InChI=1S/C9H12N2O/c1-12-9-3-5-11-8-2-4-10-6-7(8)9/h3,5,10H,2,4,6H2,1H3. The lowest BCUT2D eigenvalue weighted by Gasteiger charge is -2.17. The van der Waals surface area contributed by atoms with Crippen molar-refractivity contribution >= 4 is 0 Å². The molecule has 1 aliphatic rings. The van der Waals surface area contributed by atoms with Gasteiger partial charge in [0.2, 0.25) is 0 Å². The minimum Gasteiger partial charge on any atom is -0.496 e. The Bertz CT molecular complexity index is 272. The molecule has 0 radical (unpaired) electrons. The van der Waals surface area contributed by atoms with Crippen LogP contribution in [0.5, 0.6) is 5.75 Å². The minimum atomic E-state index is 0.881. The van der Waals surface area contributed by atoms with E-state index in [0.717, 1.165) is 25.3 Å². The number of rotatable bonds is 1. The number of hydrogen-bond acceptors (Lipinski definition) is 3. The zero-order chi connectivity index (χ0) is 8.39. The molecule has 0 saturated carbocycles.